The van der Waals surface area contributed by atoms with Crippen molar-refractivity contribution in [1.29, 1.82) is 0 Å². The molecular weight excluding hydrogens is 390 g/mol. The summed E-state index contributed by atoms with van der Waals surface area (Å²) in [6, 6.07) is 13.8. The summed E-state index contributed by atoms with van der Waals surface area (Å²) in [4.78, 5) is 27.3. The van der Waals surface area contributed by atoms with E-state index in [4.69, 9.17) is 4.74 Å². The van der Waals surface area contributed by atoms with E-state index in [1.54, 1.807) is 24.9 Å². The minimum Gasteiger partial charge on any atom is -0.493 e. The van der Waals surface area contributed by atoms with Crippen molar-refractivity contribution in [2.75, 3.05) is 11.9 Å². The molecule has 31 heavy (non-hydrogen) atoms. The number of para-hydroxylation sites is 1. The van der Waals surface area contributed by atoms with Crippen molar-refractivity contribution < 1.29 is 9.53 Å². The van der Waals surface area contributed by atoms with Gasteiger partial charge in [-0.15, -0.1) is 0 Å². The average molecular weight is 413 g/mol. The Morgan fingerprint density at radius 1 is 1.06 bits per heavy atom. The third-order valence-electron chi connectivity index (χ3n) is 4.91. The fourth-order valence-electron chi connectivity index (χ4n) is 3.36. The summed E-state index contributed by atoms with van der Waals surface area (Å²) in [5, 5.41) is 2.93. The van der Waals surface area contributed by atoms with Gasteiger partial charge in [-0.05, 0) is 47.9 Å². The predicted octanol–water partition coefficient (Wildman–Crippen LogP) is 3.98. The standard InChI is InChI=1S/C24H23N5O2/c1-17-10-20(29-24(30)11-18-12-25-15-26-13-18)7-6-19(17)8-9-31-23-5-3-2-4-21(23)22-14-27-16-28-22/h2-7,10,12-16H,8-9,11H2,1H3,(H,27,28)(H,29,30). The van der Waals surface area contributed by atoms with Crippen LogP contribution in [0.25, 0.3) is 11.3 Å². The number of H-pyrrole nitrogens is 1. The minimum atomic E-state index is -0.0966. The van der Waals surface area contributed by atoms with Gasteiger partial charge in [0.15, 0.2) is 0 Å². The second kappa shape index (κ2) is 9.67. The van der Waals surface area contributed by atoms with Crippen LogP contribution in [0.5, 0.6) is 5.75 Å². The van der Waals surface area contributed by atoms with Gasteiger partial charge < -0.3 is 15.0 Å². The molecule has 1 amide bonds. The van der Waals surface area contributed by atoms with Gasteiger partial charge in [-0.2, -0.15) is 0 Å². The number of carbonyl (C=O) groups is 1. The van der Waals surface area contributed by atoms with Gasteiger partial charge in [0.25, 0.3) is 0 Å². The van der Waals surface area contributed by atoms with Gasteiger partial charge >= 0.3 is 0 Å². The zero-order valence-electron chi connectivity index (χ0n) is 17.2. The maximum Gasteiger partial charge on any atom is 0.228 e. The molecule has 0 atom stereocenters. The first-order valence-electron chi connectivity index (χ1n) is 10.0. The van der Waals surface area contributed by atoms with Crippen molar-refractivity contribution >= 4 is 11.6 Å². The van der Waals surface area contributed by atoms with Gasteiger partial charge in [0.1, 0.15) is 12.1 Å². The van der Waals surface area contributed by atoms with Crippen molar-refractivity contribution in [2.24, 2.45) is 0 Å². The van der Waals surface area contributed by atoms with E-state index in [0.717, 1.165) is 40.2 Å². The number of nitrogens with zero attached hydrogens (tertiary/aromatic N) is 3. The smallest absolute Gasteiger partial charge is 0.228 e. The lowest BCUT2D eigenvalue weighted by atomic mass is 10.1. The molecule has 0 saturated heterocycles. The molecule has 0 fully saturated rings. The Morgan fingerprint density at radius 2 is 1.90 bits per heavy atom. The molecule has 0 radical (unpaired) electrons. The van der Waals surface area contributed by atoms with E-state index in [-0.39, 0.29) is 12.3 Å². The first-order valence-corrected chi connectivity index (χ1v) is 10.0. The number of imidazole rings is 1. The predicted molar refractivity (Wildman–Crippen MR) is 119 cm³/mol. The molecule has 4 aromatic rings. The summed E-state index contributed by atoms with van der Waals surface area (Å²) in [6.07, 6.45) is 9.18. The molecule has 7 nitrogen and oxygen atoms in total. The second-order valence-electron chi connectivity index (χ2n) is 7.17. The van der Waals surface area contributed by atoms with E-state index >= 15 is 0 Å². The van der Waals surface area contributed by atoms with Gasteiger partial charge in [0.2, 0.25) is 5.91 Å². The third kappa shape index (κ3) is 5.33. The molecular formula is C24H23N5O2. The van der Waals surface area contributed by atoms with Gasteiger partial charge in [-0.1, -0.05) is 18.2 Å². The van der Waals surface area contributed by atoms with Crippen molar-refractivity contribution in [3.05, 3.63) is 90.4 Å². The first kappa shape index (κ1) is 20.3. The molecule has 7 heteroatoms. The van der Waals surface area contributed by atoms with E-state index in [2.05, 4.69) is 25.3 Å². The Hall–Kier alpha value is -4.00. The summed E-state index contributed by atoms with van der Waals surface area (Å²) in [5.74, 6) is 0.721. The maximum atomic E-state index is 12.2. The largest absolute Gasteiger partial charge is 0.493 e. The monoisotopic (exact) mass is 413 g/mol. The number of aromatic nitrogens is 4. The summed E-state index contributed by atoms with van der Waals surface area (Å²) in [6.45, 7) is 2.58. The fourth-order valence-corrected chi connectivity index (χ4v) is 3.36. The highest BCUT2D eigenvalue weighted by Crippen LogP contribution is 2.28. The summed E-state index contributed by atoms with van der Waals surface area (Å²) >= 11 is 0. The summed E-state index contributed by atoms with van der Waals surface area (Å²) < 4.78 is 6.05. The van der Waals surface area contributed by atoms with Crippen LogP contribution in [0.2, 0.25) is 0 Å². The van der Waals surface area contributed by atoms with E-state index in [9.17, 15) is 4.79 Å². The highest BCUT2D eigenvalue weighted by atomic mass is 16.5. The maximum absolute atomic E-state index is 12.2. The minimum absolute atomic E-state index is 0.0966. The van der Waals surface area contributed by atoms with Gasteiger partial charge in [0.05, 0.1) is 31.2 Å². The fraction of sp³-hybridized carbons (Fsp3) is 0.167. The number of hydrogen-bond acceptors (Lipinski definition) is 5. The molecule has 4 rings (SSSR count). The number of anilines is 1. The molecule has 0 aliphatic carbocycles. The number of amides is 1. The van der Waals surface area contributed by atoms with Crippen molar-refractivity contribution in [1.82, 2.24) is 19.9 Å². The molecule has 0 spiro atoms. The van der Waals surface area contributed by atoms with Crippen LogP contribution in [0.3, 0.4) is 0 Å². The lowest BCUT2D eigenvalue weighted by molar-refractivity contribution is -0.115. The van der Waals surface area contributed by atoms with E-state index in [1.807, 2.05) is 49.4 Å². The van der Waals surface area contributed by atoms with Crippen molar-refractivity contribution in [2.45, 2.75) is 19.8 Å². The quantitative estimate of drug-likeness (QED) is 0.456. The van der Waals surface area contributed by atoms with Crippen LogP contribution >= 0.6 is 0 Å². The van der Waals surface area contributed by atoms with E-state index in [0.29, 0.717) is 6.61 Å². The van der Waals surface area contributed by atoms with Crippen LogP contribution in [0.4, 0.5) is 5.69 Å². The molecule has 0 saturated carbocycles. The molecule has 2 N–H and O–H groups in total. The molecule has 156 valence electrons. The zero-order chi connectivity index (χ0) is 21.5. The van der Waals surface area contributed by atoms with Gasteiger partial charge in [0, 0.05) is 30.1 Å². The first-order chi connectivity index (χ1) is 15.2. The Kier molecular flexibility index (Phi) is 6.32. The number of carbonyl (C=O) groups excluding carboxylic acids is 1. The van der Waals surface area contributed by atoms with Crippen molar-refractivity contribution in [3.63, 3.8) is 0 Å². The number of ether oxygens (including phenoxy) is 1. The van der Waals surface area contributed by atoms with Crippen LogP contribution in [-0.2, 0) is 17.6 Å². The molecule has 0 bridgehead atoms. The number of hydrogen-bond donors (Lipinski definition) is 2. The number of rotatable bonds is 8. The van der Waals surface area contributed by atoms with Crippen LogP contribution in [0.1, 0.15) is 16.7 Å². The number of aryl methyl sites for hydroxylation is 1. The SMILES string of the molecule is Cc1cc(NC(=O)Cc2cncnc2)ccc1CCOc1ccccc1-c1cnc[nH]1. The molecule has 2 heterocycles. The second-order valence-corrected chi connectivity index (χ2v) is 7.17. The third-order valence-corrected chi connectivity index (χ3v) is 4.91. The Morgan fingerprint density at radius 3 is 2.68 bits per heavy atom. The lowest BCUT2D eigenvalue weighted by Gasteiger charge is -2.13. The van der Waals surface area contributed by atoms with Crippen LogP contribution in [0, 0.1) is 6.92 Å². The molecule has 2 aromatic carbocycles. The van der Waals surface area contributed by atoms with E-state index in [1.165, 1.54) is 11.9 Å². The highest BCUT2D eigenvalue weighted by molar-refractivity contribution is 5.92. The Bertz CT molecular complexity index is 1140. The Balaban J connectivity index is 1.34. The number of aromatic amines is 1. The van der Waals surface area contributed by atoms with Gasteiger partial charge in [-0.3, -0.25) is 4.79 Å². The Labute approximate surface area is 180 Å². The topological polar surface area (TPSA) is 92.8 Å². The van der Waals surface area contributed by atoms with Crippen LogP contribution in [0.15, 0.2) is 73.7 Å². The normalized spacial score (nSPS) is 10.6. The van der Waals surface area contributed by atoms with E-state index < -0.39 is 0 Å². The average Bonchev–Trinajstić information content (AvgIpc) is 3.31. The van der Waals surface area contributed by atoms with Crippen molar-refractivity contribution in [3.8, 4) is 17.0 Å². The summed E-state index contributed by atoms with van der Waals surface area (Å²) in [5.41, 5.74) is 5.74. The molecule has 0 unspecified atom stereocenters. The summed E-state index contributed by atoms with van der Waals surface area (Å²) in [7, 11) is 0. The molecule has 0 aliphatic heterocycles. The molecule has 2 aromatic heterocycles. The highest BCUT2D eigenvalue weighted by Gasteiger charge is 2.09. The molecule has 0 aliphatic rings. The number of benzene rings is 2. The zero-order valence-corrected chi connectivity index (χ0v) is 17.2. The van der Waals surface area contributed by atoms with Crippen LogP contribution < -0.4 is 10.1 Å². The van der Waals surface area contributed by atoms with Crippen LogP contribution in [-0.4, -0.2) is 32.4 Å². The number of nitrogens with one attached hydrogen (secondary N) is 2. The lowest BCUT2D eigenvalue weighted by Crippen LogP contribution is -2.15. The van der Waals surface area contributed by atoms with Gasteiger partial charge in [-0.25, -0.2) is 15.0 Å².